The summed E-state index contributed by atoms with van der Waals surface area (Å²) in [6.07, 6.45) is 11.2. The number of ether oxygens (including phenoxy) is 2. The van der Waals surface area contributed by atoms with Gasteiger partial charge in [0.05, 0.1) is 35.0 Å². The maximum atomic E-state index is 13.1. The third-order valence-corrected chi connectivity index (χ3v) is 13.7. The number of nitrogens with one attached hydrogen (secondary N) is 1. The number of hydrogen-bond acceptors (Lipinski definition) is 11. The van der Waals surface area contributed by atoms with Crippen molar-refractivity contribution in [2.24, 2.45) is 0 Å². The van der Waals surface area contributed by atoms with E-state index < -0.39 is 58.7 Å². The van der Waals surface area contributed by atoms with Crippen LogP contribution in [0.25, 0.3) is 0 Å². The summed E-state index contributed by atoms with van der Waals surface area (Å²) >= 11 is 0. The fourth-order valence-electron chi connectivity index (χ4n) is 8.24. The molecule has 2 unspecified atom stereocenters. The molecule has 2 aromatic carbocycles. The number of benzene rings is 2. The normalized spacial score (nSPS) is 19.9. The van der Waals surface area contributed by atoms with E-state index in [1.807, 2.05) is 41.5 Å². The Morgan fingerprint density at radius 2 is 1.45 bits per heavy atom. The Morgan fingerprint density at radius 3 is 2.06 bits per heavy atom. The number of anilines is 1. The molecule has 4 rings (SSSR count). The number of methoxy groups -OCH3 is 2. The van der Waals surface area contributed by atoms with Crippen LogP contribution in [-0.2, 0) is 55.5 Å². The molecule has 0 aromatic heterocycles. The van der Waals surface area contributed by atoms with Crippen LogP contribution in [0, 0.1) is 0 Å². The Bertz CT molecular complexity index is 2430. The highest BCUT2D eigenvalue weighted by Crippen LogP contribution is 2.51. The number of allylic oxidation sites excluding steroid dienone is 6. The Labute approximate surface area is 364 Å². The van der Waals surface area contributed by atoms with Gasteiger partial charge in [0.25, 0.3) is 36.3 Å². The fraction of sp³-hybridized carbons (Fsp3) is 0.500. The first-order valence-corrected chi connectivity index (χ1v) is 24.8. The minimum Gasteiger partial charge on any atom is -0.481 e. The Morgan fingerprint density at radius 1 is 0.790 bits per heavy atom. The van der Waals surface area contributed by atoms with Crippen LogP contribution in [0.4, 0.5) is 11.4 Å². The number of nitrogens with zero attached hydrogens (tertiary/aromatic N) is 2. The molecule has 2 atom stereocenters. The number of rotatable bonds is 25. The van der Waals surface area contributed by atoms with Gasteiger partial charge < -0.3 is 24.8 Å². The number of unbranched alkanes of at least 4 members (excludes halogenated alkanes) is 2. The predicted molar refractivity (Wildman–Crippen MR) is 234 cm³/mol. The van der Waals surface area contributed by atoms with Gasteiger partial charge in [-0.1, -0.05) is 18.2 Å². The lowest BCUT2D eigenvalue weighted by Gasteiger charge is -2.30. The zero-order chi connectivity index (χ0) is 45.9. The summed E-state index contributed by atoms with van der Waals surface area (Å²) in [5.74, 6) is -2.23. The monoisotopic (exact) mass is 924 g/mol. The minimum absolute atomic E-state index is 0.00261. The molecule has 1 amide bonds. The van der Waals surface area contributed by atoms with Crippen LogP contribution in [0.1, 0.15) is 86.7 Å². The van der Waals surface area contributed by atoms with Gasteiger partial charge in [-0.2, -0.15) is 29.8 Å². The van der Waals surface area contributed by atoms with Gasteiger partial charge in [0.15, 0.2) is 5.71 Å². The summed E-state index contributed by atoms with van der Waals surface area (Å²) in [7, 11) is -10.1. The van der Waals surface area contributed by atoms with Gasteiger partial charge in [0, 0.05) is 80.2 Å². The van der Waals surface area contributed by atoms with Crippen molar-refractivity contribution in [3.05, 3.63) is 89.2 Å². The molecule has 0 aliphatic carbocycles. The van der Waals surface area contributed by atoms with Gasteiger partial charge in [-0.25, -0.2) is 0 Å². The highest BCUT2D eigenvalue weighted by molar-refractivity contribution is 7.86. The molecule has 2 aliphatic rings. The van der Waals surface area contributed by atoms with Crippen LogP contribution >= 0.6 is 0 Å². The van der Waals surface area contributed by atoms with Crippen molar-refractivity contribution >= 4 is 59.3 Å². The fourth-order valence-corrected chi connectivity index (χ4v) is 9.77. The SMILES string of the molecule is COCCNC(=O)c1ccc2c(c1)C(C)(CCCS(=O)(=O)O)C(=CC=CC=CC1=[N+](CCCCCC(=O)O)c3ccc(S(=O)(=O)O)cc3C1(C)CCCS(=O)(=O)O)N2CCOC. The smallest absolute Gasteiger partial charge is 0.303 e. The second-order valence-corrected chi connectivity index (χ2v) is 20.3. The van der Waals surface area contributed by atoms with Crippen LogP contribution in [0.15, 0.2) is 77.4 Å². The van der Waals surface area contributed by atoms with E-state index in [2.05, 4.69) is 5.32 Å². The maximum absolute atomic E-state index is 13.1. The van der Waals surface area contributed by atoms with Crippen molar-refractivity contribution in [3.63, 3.8) is 0 Å². The Balaban J connectivity index is 1.81. The van der Waals surface area contributed by atoms with Gasteiger partial charge >= 0.3 is 5.97 Å². The number of amides is 1. The largest absolute Gasteiger partial charge is 0.481 e. The van der Waals surface area contributed by atoms with E-state index in [9.17, 15) is 48.5 Å². The molecular formula is C42H58N3O14S3+. The molecule has 342 valence electrons. The van der Waals surface area contributed by atoms with E-state index in [-0.39, 0.29) is 36.5 Å². The highest BCUT2D eigenvalue weighted by atomic mass is 32.2. The number of carbonyl (C=O) groups excluding carboxylic acids is 1. The van der Waals surface area contributed by atoms with Crippen LogP contribution in [-0.4, -0.2) is 125 Å². The third-order valence-electron chi connectivity index (χ3n) is 11.3. The maximum Gasteiger partial charge on any atom is 0.303 e. The lowest BCUT2D eigenvalue weighted by molar-refractivity contribution is -0.438. The van der Waals surface area contributed by atoms with Crippen molar-refractivity contribution in [1.82, 2.24) is 5.32 Å². The summed E-state index contributed by atoms with van der Waals surface area (Å²) in [4.78, 5) is 26.0. The molecule has 5 N–H and O–H groups in total. The predicted octanol–water partition coefficient (Wildman–Crippen LogP) is 5.07. The first-order valence-electron chi connectivity index (χ1n) is 20.2. The summed E-state index contributed by atoms with van der Waals surface area (Å²) in [6, 6.07) is 9.55. The first-order chi connectivity index (χ1) is 29.1. The van der Waals surface area contributed by atoms with Gasteiger partial charge in [0.1, 0.15) is 6.54 Å². The molecule has 17 nitrogen and oxygen atoms in total. The molecule has 20 heteroatoms. The second kappa shape index (κ2) is 21.4. The van der Waals surface area contributed by atoms with Crippen LogP contribution < -0.4 is 10.2 Å². The van der Waals surface area contributed by atoms with Crippen LogP contribution in [0.2, 0.25) is 0 Å². The molecule has 62 heavy (non-hydrogen) atoms. The van der Waals surface area contributed by atoms with Crippen molar-refractivity contribution in [3.8, 4) is 0 Å². The lowest BCUT2D eigenvalue weighted by Crippen LogP contribution is -2.32. The Hall–Kier alpha value is -4.28. The van der Waals surface area contributed by atoms with Gasteiger partial charge in [-0.3, -0.25) is 23.2 Å². The molecule has 0 spiro atoms. The van der Waals surface area contributed by atoms with E-state index >= 15 is 0 Å². The zero-order valence-corrected chi connectivity index (χ0v) is 37.9. The van der Waals surface area contributed by atoms with E-state index in [0.717, 1.165) is 16.9 Å². The van der Waals surface area contributed by atoms with Crippen molar-refractivity contribution < 1.29 is 67.7 Å². The lowest BCUT2D eigenvalue weighted by atomic mass is 9.76. The molecule has 0 bridgehead atoms. The van der Waals surface area contributed by atoms with Gasteiger partial charge in [-0.15, -0.1) is 0 Å². The molecule has 2 aliphatic heterocycles. The molecule has 2 aromatic rings. The highest BCUT2D eigenvalue weighted by Gasteiger charge is 2.48. The average Bonchev–Trinajstić information content (AvgIpc) is 3.54. The van der Waals surface area contributed by atoms with Crippen molar-refractivity contribution in [2.45, 2.75) is 80.9 Å². The number of hydrogen-bond donors (Lipinski definition) is 5. The summed E-state index contributed by atoms with van der Waals surface area (Å²) < 4.78 is 113. The Kier molecular flexibility index (Phi) is 17.4. The number of aliphatic carboxylic acids is 1. The zero-order valence-electron chi connectivity index (χ0n) is 35.4. The summed E-state index contributed by atoms with van der Waals surface area (Å²) in [6.45, 7) is 5.55. The molecule has 2 heterocycles. The van der Waals surface area contributed by atoms with Crippen LogP contribution in [0.3, 0.4) is 0 Å². The molecular weight excluding hydrogens is 867 g/mol. The first kappa shape index (κ1) is 50.4. The van der Waals surface area contributed by atoms with E-state index in [1.54, 1.807) is 43.5 Å². The number of fused-ring (bicyclic) bond motifs is 2. The quantitative estimate of drug-likeness (QED) is 0.0377. The van der Waals surface area contributed by atoms with Crippen molar-refractivity contribution in [1.29, 1.82) is 0 Å². The number of carbonyl (C=O) groups is 2. The van der Waals surface area contributed by atoms with Crippen LogP contribution in [0.5, 0.6) is 0 Å². The summed E-state index contributed by atoms with van der Waals surface area (Å²) in [5, 5.41) is 12.0. The van der Waals surface area contributed by atoms with Gasteiger partial charge in [-0.05, 0) is 94.3 Å². The van der Waals surface area contributed by atoms with E-state index in [4.69, 9.17) is 14.6 Å². The number of carboxylic acids is 1. The average molecular weight is 925 g/mol. The molecule has 0 saturated carbocycles. The number of carboxylic acid groups (broad SMARTS) is 1. The summed E-state index contributed by atoms with van der Waals surface area (Å²) in [5.41, 5.74) is 2.73. The third kappa shape index (κ3) is 13.1. The second-order valence-electron chi connectivity index (χ2n) is 15.8. The minimum atomic E-state index is -4.62. The van der Waals surface area contributed by atoms with E-state index in [0.29, 0.717) is 81.1 Å². The molecule has 0 saturated heterocycles. The van der Waals surface area contributed by atoms with Gasteiger partial charge in [0.2, 0.25) is 5.69 Å². The molecule has 0 radical (unpaired) electrons. The molecule has 0 fully saturated rings. The van der Waals surface area contributed by atoms with E-state index in [1.165, 1.54) is 19.2 Å². The van der Waals surface area contributed by atoms with Crippen molar-refractivity contribution in [2.75, 3.05) is 63.5 Å². The topological polar surface area (TPSA) is 254 Å². The standard InChI is InChI=1S/C42H57N3O14S3/c1-41(20-11-27-60(49,50)51)33-29-31(40(48)43-22-25-58-3)16-18-35(33)45(24-26-59-4)38(41)14-8-5-7-13-37-42(2,21-12-28-61(52,53)54)34-30-32(62(55,56)57)17-19-36(34)44(37)23-10-6-9-15-39(46)47/h5,7-8,13-14,16-19,29-30H,6,9-12,15,20-28H2,1-4H3,(H4-,43,46,47,48,49,50,51,52,53,54,55,56,57)/p+1.